The summed E-state index contributed by atoms with van der Waals surface area (Å²) in [6.07, 6.45) is 1.98. The minimum Gasteiger partial charge on any atom is -0.324 e. The van der Waals surface area contributed by atoms with Crippen LogP contribution in [0.3, 0.4) is 0 Å². The zero-order valence-corrected chi connectivity index (χ0v) is 20.5. The molecule has 31 heavy (non-hydrogen) atoms. The van der Waals surface area contributed by atoms with Crippen molar-refractivity contribution >= 4 is 33.4 Å². The van der Waals surface area contributed by atoms with Gasteiger partial charge in [0.2, 0.25) is 15.9 Å². The number of hydrogen-bond donors (Lipinski definition) is 1. The van der Waals surface area contributed by atoms with Gasteiger partial charge in [-0.25, -0.2) is 8.42 Å². The number of rotatable bonds is 6. The van der Waals surface area contributed by atoms with Crippen molar-refractivity contribution in [3.05, 3.63) is 52.6 Å². The Morgan fingerprint density at radius 2 is 1.58 bits per heavy atom. The third kappa shape index (κ3) is 5.14. The van der Waals surface area contributed by atoms with E-state index in [1.54, 1.807) is 16.1 Å². The predicted octanol–water partition coefficient (Wildman–Crippen LogP) is 3.59. The first-order chi connectivity index (χ1) is 14.6. The van der Waals surface area contributed by atoms with Gasteiger partial charge in [0.25, 0.3) is 0 Å². The molecule has 1 aliphatic heterocycles. The van der Waals surface area contributed by atoms with E-state index in [1.807, 2.05) is 69.2 Å². The van der Waals surface area contributed by atoms with Crippen LogP contribution in [0.1, 0.15) is 22.3 Å². The Morgan fingerprint density at radius 1 is 1.00 bits per heavy atom. The van der Waals surface area contributed by atoms with Crippen molar-refractivity contribution in [2.75, 3.05) is 44.3 Å². The fourth-order valence-electron chi connectivity index (χ4n) is 3.97. The zero-order valence-electron chi connectivity index (χ0n) is 18.9. The Morgan fingerprint density at radius 3 is 2.16 bits per heavy atom. The van der Waals surface area contributed by atoms with Gasteiger partial charge < -0.3 is 5.32 Å². The van der Waals surface area contributed by atoms with Crippen LogP contribution in [0.4, 0.5) is 5.69 Å². The lowest BCUT2D eigenvalue weighted by atomic mass is 10.0. The lowest BCUT2D eigenvalue weighted by molar-refractivity contribution is -0.117. The molecular formula is C23H31N3O3S2. The van der Waals surface area contributed by atoms with Crippen molar-refractivity contribution in [2.24, 2.45) is 0 Å². The molecule has 1 fully saturated rings. The molecule has 0 spiro atoms. The molecule has 0 unspecified atom stereocenters. The highest BCUT2D eigenvalue weighted by Gasteiger charge is 2.32. The Hall–Kier alpha value is -1.87. The monoisotopic (exact) mass is 461 g/mol. The molecule has 1 N–H and O–H groups in total. The van der Waals surface area contributed by atoms with Gasteiger partial charge in [0.05, 0.1) is 17.1 Å². The molecule has 6 nitrogen and oxygen atoms in total. The van der Waals surface area contributed by atoms with Gasteiger partial charge in [-0.1, -0.05) is 18.2 Å². The molecule has 3 rings (SSSR count). The fraction of sp³-hybridized carbons (Fsp3) is 0.435. The molecule has 2 aromatic carbocycles. The fourth-order valence-corrected chi connectivity index (χ4v) is 6.52. The maximum absolute atomic E-state index is 13.4. The van der Waals surface area contributed by atoms with Gasteiger partial charge in [0, 0.05) is 31.1 Å². The van der Waals surface area contributed by atoms with E-state index in [1.165, 1.54) is 0 Å². The second-order valence-corrected chi connectivity index (χ2v) is 10.7. The summed E-state index contributed by atoms with van der Waals surface area (Å²) in [6, 6.07) is 9.75. The number of carbonyl (C=O) groups is 1. The van der Waals surface area contributed by atoms with Crippen LogP contribution in [0.2, 0.25) is 0 Å². The highest BCUT2D eigenvalue weighted by atomic mass is 32.2. The van der Waals surface area contributed by atoms with Crippen LogP contribution >= 0.6 is 11.8 Å². The van der Waals surface area contributed by atoms with Crippen LogP contribution in [0.15, 0.2) is 40.1 Å². The first-order valence-corrected chi connectivity index (χ1v) is 13.0. The molecule has 0 bridgehead atoms. The van der Waals surface area contributed by atoms with Crippen molar-refractivity contribution in [1.82, 2.24) is 9.21 Å². The third-order valence-corrected chi connectivity index (χ3v) is 8.94. The molecule has 168 valence electrons. The number of hydrogen-bond acceptors (Lipinski definition) is 5. The number of thioether (sulfide) groups is 1. The number of nitrogens with zero attached hydrogens (tertiary/aromatic N) is 2. The Bertz CT molecular complexity index is 1050. The van der Waals surface area contributed by atoms with Gasteiger partial charge in [0.15, 0.2) is 0 Å². The van der Waals surface area contributed by atoms with Crippen LogP contribution in [0, 0.1) is 27.7 Å². The van der Waals surface area contributed by atoms with E-state index in [9.17, 15) is 13.2 Å². The highest BCUT2D eigenvalue weighted by Crippen LogP contribution is 2.29. The molecule has 0 atom stereocenters. The van der Waals surface area contributed by atoms with E-state index >= 15 is 0 Å². The number of para-hydroxylation sites is 1. The van der Waals surface area contributed by atoms with Gasteiger partial charge >= 0.3 is 0 Å². The molecule has 0 aliphatic carbocycles. The minimum atomic E-state index is -3.57. The van der Waals surface area contributed by atoms with E-state index in [0.29, 0.717) is 31.1 Å². The largest absolute Gasteiger partial charge is 0.324 e. The summed E-state index contributed by atoms with van der Waals surface area (Å²) in [5.74, 6) is -0.0844. The standard InChI is InChI=1S/C23H31N3O3S2/c1-16-14-17(2)19(4)23(18(16)3)31(28,29)26-12-10-25(11-13-26)15-22(27)24-20-8-6-7-9-21(20)30-5/h6-9,14H,10-13,15H2,1-5H3,(H,24,27). The Balaban J connectivity index is 1.65. The van der Waals surface area contributed by atoms with Crippen LogP contribution in [-0.4, -0.2) is 62.5 Å². The molecule has 0 aromatic heterocycles. The number of sulfonamides is 1. The number of piperazine rings is 1. The summed E-state index contributed by atoms with van der Waals surface area (Å²) in [5, 5.41) is 2.97. The maximum Gasteiger partial charge on any atom is 0.243 e. The molecule has 0 radical (unpaired) electrons. The van der Waals surface area contributed by atoms with E-state index < -0.39 is 10.0 Å². The van der Waals surface area contributed by atoms with Crippen LogP contribution < -0.4 is 5.32 Å². The summed E-state index contributed by atoms with van der Waals surface area (Å²) < 4.78 is 28.4. The third-order valence-electron chi connectivity index (χ3n) is 5.97. The summed E-state index contributed by atoms with van der Waals surface area (Å²) >= 11 is 1.59. The average molecular weight is 462 g/mol. The SMILES string of the molecule is CSc1ccccc1NC(=O)CN1CCN(S(=O)(=O)c2c(C)c(C)cc(C)c2C)CC1. The average Bonchev–Trinajstić information content (AvgIpc) is 2.73. The van der Waals surface area contributed by atoms with Crippen molar-refractivity contribution in [1.29, 1.82) is 0 Å². The Kier molecular flexibility index (Phi) is 7.47. The maximum atomic E-state index is 13.4. The van der Waals surface area contributed by atoms with Crippen molar-refractivity contribution in [3.63, 3.8) is 0 Å². The highest BCUT2D eigenvalue weighted by molar-refractivity contribution is 7.98. The number of carbonyl (C=O) groups excluding carboxylic acids is 1. The molecule has 8 heteroatoms. The molecule has 1 aliphatic rings. The molecule has 1 amide bonds. The number of amides is 1. The van der Waals surface area contributed by atoms with Gasteiger partial charge in [-0.15, -0.1) is 11.8 Å². The second-order valence-electron chi connectivity index (χ2n) is 8.02. The van der Waals surface area contributed by atoms with Gasteiger partial charge in [-0.3, -0.25) is 9.69 Å². The van der Waals surface area contributed by atoms with E-state index in [4.69, 9.17) is 0 Å². The number of benzene rings is 2. The van der Waals surface area contributed by atoms with Crippen LogP contribution in [0.5, 0.6) is 0 Å². The van der Waals surface area contributed by atoms with E-state index in [-0.39, 0.29) is 12.5 Å². The normalized spacial score (nSPS) is 15.8. The molecule has 2 aromatic rings. The molecule has 1 heterocycles. The summed E-state index contributed by atoms with van der Waals surface area (Å²) in [5.41, 5.74) is 4.42. The van der Waals surface area contributed by atoms with Gasteiger partial charge in [0.1, 0.15) is 0 Å². The van der Waals surface area contributed by atoms with Gasteiger partial charge in [-0.05, 0) is 68.3 Å². The molecule has 0 saturated carbocycles. The van der Waals surface area contributed by atoms with Crippen molar-refractivity contribution < 1.29 is 13.2 Å². The predicted molar refractivity (Wildman–Crippen MR) is 127 cm³/mol. The quantitative estimate of drug-likeness (QED) is 0.666. The Labute approximate surface area is 190 Å². The number of nitrogens with one attached hydrogen (secondary N) is 1. The van der Waals surface area contributed by atoms with Crippen molar-refractivity contribution in [2.45, 2.75) is 37.5 Å². The first kappa shape index (κ1) is 23.8. The summed E-state index contributed by atoms with van der Waals surface area (Å²) in [4.78, 5) is 16.0. The number of aryl methyl sites for hydroxylation is 2. The lowest BCUT2D eigenvalue weighted by Crippen LogP contribution is -2.50. The summed E-state index contributed by atoms with van der Waals surface area (Å²) in [7, 11) is -3.57. The number of anilines is 1. The molecule has 1 saturated heterocycles. The summed E-state index contributed by atoms with van der Waals surface area (Å²) in [6.45, 7) is 9.71. The topological polar surface area (TPSA) is 69.7 Å². The van der Waals surface area contributed by atoms with E-state index in [0.717, 1.165) is 32.8 Å². The van der Waals surface area contributed by atoms with Crippen LogP contribution in [-0.2, 0) is 14.8 Å². The second kappa shape index (κ2) is 9.73. The zero-order chi connectivity index (χ0) is 22.8. The van der Waals surface area contributed by atoms with Crippen LogP contribution in [0.25, 0.3) is 0 Å². The minimum absolute atomic E-state index is 0.0844. The van der Waals surface area contributed by atoms with Crippen molar-refractivity contribution in [3.8, 4) is 0 Å². The lowest BCUT2D eigenvalue weighted by Gasteiger charge is -2.34. The first-order valence-electron chi connectivity index (χ1n) is 10.4. The van der Waals surface area contributed by atoms with Gasteiger partial charge in [-0.2, -0.15) is 4.31 Å². The smallest absolute Gasteiger partial charge is 0.243 e. The van der Waals surface area contributed by atoms with E-state index in [2.05, 4.69) is 5.32 Å². The molecular weight excluding hydrogens is 430 g/mol.